The fourth-order valence-electron chi connectivity index (χ4n) is 1.75. The van der Waals surface area contributed by atoms with E-state index in [9.17, 15) is 0 Å². The molecule has 0 saturated carbocycles. The van der Waals surface area contributed by atoms with Crippen LogP contribution >= 0.6 is 11.8 Å². The molecule has 3 heteroatoms. The second-order valence-corrected chi connectivity index (χ2v) is 5.29. The van der Waals surface area contributed by atoms with E-state index in [0.717, 1.165) is 32.6 Å². The Morgan fingerprint density at radius 1 is 1.22 bits per heavy atom. The van der Waals surface area contributed by atoms with Crippen molar-refractivity contribution in [3.63, 3.8) is 0 Å². The molecule has 1 aromatic rings. The van der Waals surface area contributed by atoms with E-state index in [4.69, 9.17) is 4.74 Å². The largest absolute Gasteiger partial charge is 0.381 e. The van der Waals surface area contributed by atoms with Gasteiger partial charge < -0.3 is 10.1 Å². The van der Waals surface area contributed by atoms with Gasteiger partial charge in [0, 0.05) is 24.2 Å². The second-order valence-electron chi connectivity index (χ2n) is 4.41. The summed E-state index contributed by atoms with van der Waals surface area (Å²) in [6.45, 7) is 7.10. The summed E-state index contributed by atoms with van der Waals surface area (Å²) in [5, 5.41) is 3.53. The minimum atomic E-state index is 0.409. The summed E-state index contributed by atoms with van der Waals surface area (Å²) in [5.41, 5.74) is 1.35. The average Bonchev–Trinajstić information content (AvgIpc) is 2.42. The molecule has 0 aliphatic heterocycles. The van der Waals surface area contributed by atoms with Crippen molar-refractivity contribution in [3.8, 4) is 0 Å². The molecule has 1 rings (SSSR count). The molecule has 1 aromatic carbocycles. The van der Waals surface area contributed by atoms with Gasteiger partial charge in [-0.2, -0.15) is 0 Å². The molecule has 1 unspecified atom stereocenters. The molecule has 1 atom stereocenters. The van der Waals surface area contributed by atoms with Crippen LogP contribution in [0.15, 0.2) is 29.2 Å². The van der Waals surface area contributed by atoms with Gasteiger partial charge >= 0.3 is 0 Å². The molecule has 18 heavy (non-hydrogen) atoms. The van der Waals surface area contributed by atoms with Gasteiger partial charge in [-0.3, -0.25) is 0 Å². The van der Waals surface area contributed by atoms with Crippen LogP contribution in [0, 0.1) is 0 Å². The van der Waals surface area contributed by atoms with Crippen molar-refractivity contribution < 1.29 is 4.74 Å². The number of benzene rings is 1. The highest BCUT2D eigenvalue weighted by molar-refractivity contribution is 7.98. The molecule has 0 aliphatic rings. The zero-order valence-electron chi connectivity index (χ0n) is 11.7. The van der Waals surface area contributed by atoms with Gasteiger partial charge in [0.15, 0.2) is 0 Å². The summed E-state index contributed by atoms with van der Waals surface area (Å²) in [6, 6.07) is 9.19. The molecule has 0 aliphatic carbocycles. The topological polar surface area (TPSA) is 21.3 Å². The number of hydrogen-bond donors (Lipinski definition) is 1. The van der Waals surface area contributed by atoms with Gasteiger partial charge in [0.25, 0.3) is 0 Å². The molecule has 0 heterocycles. The minimum Gasteiger partial charge on any atom is -0.381 e. The van der Waals surface area contributed by atoms with Gasteiger partial charge in [0.2, 0.25) is 0 Å². The Hall–Kier alpha value is -0.510. The third-order valence-corrected chi connectivity index (χ3v) is 3.62. The van der Waals surface area contributed by atoms with Gasteiger partial charge in [-0.25, -0.2) is 0 Å². The quantitative estimate of drug-likeness (QED) is 0.542. The van der Waals surface area contributed by atoms with Crippen molar-refractivity contribution in [1.29, 1.82) is 0 Å². The van der Waals surface area contributed by atoms with Crippen LogP contribution in [0.2, 0.25) is 0 Å². The Labute approximate surface area is 116 Å². The Bertz CT molecular complexity index is 313. The van der Waals surface area contributed by atoms with Gasteiger partial charge in [0.1, 0.15) is 0 Å². The Morgan fingerprint density at radius 3 is 2.56 bits per heavy atom. The molecule has 0 fully saturated rings. The molecule has 0 spiro atoms. The maximum atomic E-state index is 5.46. The molecular weight excluding hydrogens is 242 g/mol. The van der Waals surface area contributed by atoms with Crippen LogP contribution < -0.4 is 5.32 Å². The van der Waals surface area contributed by atoms with Crippen molar-refractivity contribution in [2.45, 2.75) is 37.6 Å². The lowest BCUT2D eigenvalue weighted by molar-refractivity contribution is 0.132. The fraction of sp³-hybridized carbons (Fsp3) is 0.600. The number of rotatable bonds is 9. The zero-order chi connectivity index (χ0) is 13.2. The standard InChI is InChI=1S/C15H25NOS/c1-4-11-17-12-5-10-16-13(2)14-6-8-15(18-3)9-7-14/h6-9,13,16H,4-5,10-12H2,1-3H3. The first-order valence-corrected chi connectivity index (χ1v) is 7.95. The van der Waals surface area contributed by atoms with Crippen LogP contribution in [-0.2, 0) is 4.74 Å². The monoisotopic (exact) mass is 267 g/mol. The van der Waals surface area contributed by atoms with Crippen molar-refractivity contribution in [3.05, 3.63) is 29.8 Å². The van der Waals surface area contributed by atoms with Crippen molar-refractivity contribution >= 4 is 11.8 Å². The Balaban J connectivity index is 2.21. The van der Waals surface area contributed by atoms with Crippen LogP contribution in [0.5, 0.6) is 0 Å². The highest BCUT2D eigenvalue weighted by atomic mass is 32.2. The van der Waals surface area contributed by atoms with Gasteiger partial charge in [-0.1, -0.05) is 19.1 Å². The average molecular weight is 267 g/mol. The lowest BCUT2D eigenvalue weighted by Gasteiger charge is -2.14. The number of thioether (sulfide) groups is 1. The maximum Gasteiger partial charge on any atom is 0.0478 e. The van der Waals surface area contributed by atoms with Crippen molar-refractivity contribution in [2.75, 3.05) is 26.0 Å². The molecule has 0 radical (unpaired) electrons. The number of nitrogens with one attached hydrogen (secondary N) is 1. The predicted octanol–water partition coefficient (Wildman–Crippen LogP) is 3.88. The van der Waals surface area contributed by atoms with Crippen LogP contribution in [0.25, 0.3) is 0 Å². The van der Waals surface area contributed by atoms with Crippen molar-refractivity contribution in [1.82, 2.24) is 5.32 Å². The third kappa shape index (κ3) is 5.89. The lowest BCUT2D eigenvalue weighted by atomic mass is 10.1. The van der Waals surface area contributed by atoms with E-state index in [-0.39, 0.29) is 0 Å². The van der Waals surface area contributed by atoms with E-state index in [1.807, 2.05) is 0 Å². The van der Waals surface area contributed by atoms with Crippen LogP contribution in [0.1, 0.15) is 38.3 Å². The first kappa shape index (κ1) is 15.5. The summed E-state index contributed by atoms with van der Waals surface area (Å²) in [4.78, 5) is 1.32. The molecule has 0 amide bonds. The number of ether oxygens (including phenoxy) is 1. The Morgan fingerprint density at radius 2 is 1.94 bits per heavy atom. The van der Waals surface area contributed by atoms with E-state index in [2.05, 4.69) is 49.7 Å². The smallest absolute Gasteiger partial charge is 0.0478 e. The van der Waals surface area contributed by atoms with Gasteiger partial charge in [-0.05, 0) is 50.3 Å². The SMILES string of the molecule is CCCOCCCNC(C)c1ccc(SC)cc1. The summed E-state index contributed by atoms with van der Waals surface area (Å²) in [6.07, 6.45) is 4.28. The normalized spacial score (nSPS) is 12.6. The maximum absolute atomic E-state index is 5.46. The predicted molar refractivity (Wildman–Crippen MR) is 80.4 cm³/mol. The summed E-state index contributed by atoms with van der Waals surface area (Å²) in [5.74, 6) is 0. The number of hydrogen-bond acceptors (Lipinski definition) is 3. The molecule has 2 nitrogen and oxygen atoms in total. The minimum absolute atomic E-state index is 0.409. The molecule has 0 aromatic heterocycles. The highest BCUT2D eigenvalue weighted by Crippen LogP contribution is 2.18. The summed E-state index contributed by atoms with van der Waals surface area (Å²) < 4.78 is 5.46. The summed E-state index contributed by atoms with van der Waals surface area (Å²) in [7, 11) is 0. The molecule has 1 N–H and O–H groups in total. The first-order chi connectivity index (χ1) is 8.77. The molecule has 0 bridgehead atoms. The zero-order valence-corrected chi connectivity index (χ0v) is 12.6. The molecule has 0 saturated heterocycles. The van der Waals surface area contributed by atoms with E-state index < -0.39 is 0 Å². The van der Waals surface area contributed by atoms with Crippen LogP contribution in [0.3, 0.4) is 0 Å². The second kappa shape index (κ2) is 9.42. The highest BCUT2D eigenvalue weighted by Gasteiger charge is 2.03. The molecule has 102 valence electrons. The van der Waals surface area contributed by atoms with Crippen LogP contribution in [-0.4, -0.2) is 26.0 Å². The third-order valence-electron chi connectivity index (χ3n) is 2.88. The van der Waals surface area contributed by atoms with E-state index in [1.165, 1.54) is 10.5 Å². The van der Waals surface area contributed by atoms with Gasteiger partial charge in [0.05, 0.1) is 0 Å². The van der Waals surface area contributed by atoms with E-state index >= 15 is 0 Å². The van der Waals surface area contributed by atoms with E-state index in [1.54, 1.807) is 11.8 Å². The van der Waals surface area contributed by atoms with Crippen molar-refractivity contribution in [2.24, 2.45) is 0 Å². The van der Waals surface area contributed by atoms with Crippen LogP contribution in [0.4, 0.5) is 0 Å². The van der Waals surface area contributed by atoms with E-state index in [0.29, 0.717) is 6.04 Å². The molecular formula is C15H25NOS. The lowest BCUT2D eigenvalue weighted by Crippen LogP contribution is -2.21. The fourth-order valence-corrected chi connectivity index (χ4v) is 2.16. The summed E-state index contributed by atoms with van der Waals surface area (Å²) >= 11 is 1.78. The Kier molecular flexibility index (Phi) is 8.14. The van der Waals surface area contributed by atoms with Gasteiger partial charge in [-0.15, -0.1) is 11.8 Å². The first-order valence-electron chi connectivity index (χ1n) is 6.73.